The fraction of sp³-hybridized carbons (Fsp3) is 0.375. The van der Waals surface area contributed by atoms with Gasteiger partial charge in [-0.25, -0.2) is 0 Å². The van der Waals surface area contributed by atoms with Gasteiger partial charge in [0.25, 0.3) is 0 Å². The van der Waals surface area contributed by atoms with E-state index in [0.29, 0.717) is 34.9 Å². The first-order chi connectivity index (χ1) is 15.6. The van der Waals surface area contributed by atoms with E-state index in [0.717, 1.165) is 30.7 Å². The van der Waals surface area contributed by atoms with Gasteiger partial charge in [0.15, 0.2) is 5.75 Å². The molecule has 168 valence electrons. The summed E-state index contributed by atoms with van der Waals surface area (Å²) in [4.78, 5) is 2.55. The molecule has 32 heavy (non-hydrogen) atoms. The number of rotatable bonds is 10. The van der Waals surface area contributed by atoms with Gasteiger partial charge in [0.05, 0.1) is 22.0 Å². The maximum Gasteiger partial charge on any atom is 0.155 e. The number of aromatic nitrogens is 1. The van der Waals surface area contributed by atoms with Crippen LogP contribution in [0.4, 0.5) is 0 Å². The van der Waals surface area contributed by atoms with Crippen LogP contribution in [0.5, 0.6) is 5.75 Å². The van der Waals surface area contributed by atoms with Crippen LogP contribution in [0.1, 0.15) is 17.5 Å². The number of hydrogen-bond donors (Lipinski definition) is 1. The fourth-order valence-electron chi connectivity index (χ4n) is 4.13. The molecule has 1 unspecified atom stereocenters. The molecule has 2 heterocycles. The lowest BCUT2D eigenvalue weighted by atomic mass is 10.0. The van der Waals surface area contributed by atoms with Gasteiger partial charge in [-0.15, -0.1) is 11.6 Å². The molecule has 0 radical (unpaired) electrons. The molecule has 0 amide bonds. The molecule has 1 N–H and O–H groups in total. The number of hydrogen-bond acceptors (Lipinski definition) is 5. The van der Waals surface area contributed by atoms with Crippen LogP contribution in [0.25, 0.3) is 16.6 Å². The highest BCUT2D eigenvalue weighted by Gasteiger charge is 2.26. The molecular formula is C24H26Cl2N4OS. The standard InChI is InChI=1S/C24H26Cl2N4OS/c1-32-28-16-20-6-9-29(20)8-4-17-2-3-23-18(12-17)5-10-30(23)21-13-19(15-27)24(22(26)14-21)31-11-7-25/h2-3,5,10,12-14,20,28H,4,6-9,11,16H2,1H3. The van der Waals surface area contributed by atoms with Crippen LogP contribution in [0.15, 0.2) is 42.6 Å². The Morgan fingerprint density at radius 2 is 2.16 bits per heavy atom. The van der Waals surface area contributed by atoms with Crippen LogP contribution in [-0.2, 0) is 6.42 Å². The van der Waals surface area contributed by atoms with E-state index in [1.807, 2.05) is 12.3 Å². The summed E-state index contributed by atoms with van der Waals surface area (Å²) in [6, 6.07) is 15.2. The molecule has 4 rings (SSSR count). The van der Waals surface area contributed by atoms with E-state index in [1.165, 1.54) is 23.9 Å². The second-order valence-corrected chi connectivity index (χ2v) is 9.30. The number of likely N-dealkylation sites (tertiary alicyclic amines) is 1. The molecule has 0 spiro atoms. The first kappa shape index (κ1) is 23.3. The van der Waals surface area contributed by atoms with Crippen molar-refractivity contribution in [3.63, 3.8) is 0 Å². The molecule has 1 atom stereocenters. The summed E-state index contributed by atoms with van der Waals surface area (Å²) in [6.07, 6.45) is 6.40. The van der Waals surface area contributed by atoms with Crippen LogP contribution < -0.4 is 9.46 Å². The number of ether oxygens (including phenoxy) is 1. The van der Waals surface area contributed by atoms with Crippen LogP contribution in [0.3, 0.4) is 0 Å². The van der Waals surface area contributed by atoms with Crippen LogP contribution in [-0.4, -0.2) is 53.9 Å². The van der Waals surface area contributed by atoms with Crippen molar-refractivity contribution >= 4 is 46.1 Å². The number of nitriles is 1. The minimum atomic E-state index is 0.302. The van der Waals surface area contributed by atoms with Gasteiger partial charge in [0.2, 0.25) is 0 Å². The summed E-state index contributed by atoms with van der Waals surface area (Å²) >= 11 is 13.8. The number of alkyl halides is 1. The van der Waals surface area contributed by atoms with Crippen molar-refractivity contribution in [2.45, 2.75) is 18.9 Å². The van der Waals surface area contributed by atoms with Crippen molar-refractivity contribution in [1.82, 2.24) is 14.2 Å². The Balaban J connectivity index is 1.51. The average Bonchev–Trinajstić information content (AvgIpc) is 3.20. The minimum absolute atomic E-state index is 0.302. The molecule has 1 aromatic heterocycles. The van der Waals surface area contributed by atoms with Gasteiger partial charge in [-0.1, -0.05) is 29.6 Å². The van der Waals surface area contributed by atoms with Crippen molar-refractivity contribution in [3.05, 3.63) is 58.7 Å². The Morgan fingerprint density at radius 3 is 2.88 bits per heavy atom. The van der Waals surface area contributed by atoms with Crippen molar-refractivity contribution in [3.8, 4) is 17.5 Å². The molecule has 1 aliphatic rings. The SMILES string of the molecule is CSNCC1CCN1CCc1ccc2c(ccn2-c2cc(Cl)c(OCCCl)c(C#N)c2)c1. The average molecular weight is 489 g/mol. The Kier molecular flexibility index (Phi) is 7.88. The summed E-state index contributed by atoms with van der Waals surface area (Å²) in [5, 5.41) is 11.1. The van der Waals surface area contributed by atoms with Gasteiger partial charge in [-0.05, 0) is 55.0 Å². The molecule has 2 aromatic carbocycles. The highest BCUT2D eigenvalue weighted by molar-refractivity contribution is 7.96. The van der Waals surface area contributed by atoms with Gasteiger partial charge in [-0.3, -0.25) is 9.62 Å². The maximum absolute atomic E-state index is 9.57. The van der Waals surface area contributed by atoms with Gasteiger partial charge >= 0.3 is 0 Å². The smallest absolute Gasteiger partial charge is 0.155 e. The van der Waals surface area contributed by atoms with E-state index in [-0.39, 0.29) is 0 Å². The number of halogens is 2. The summed E-state index contributed by atoms with van der Waals surface area (Å²) < 4.78 is 11.0. The third kappa shape index (κ3) is 5.03. The normalized spacial score (nSPS) is 16.1. The molecule has 0 saturated carbocycles. The molecule has 8 heteroatoms. The summed E-state index contributed by atoms with van der Waals surface area (Å²) in [6.45, 7) is 3.62. The molecule has 5 nitrogen and oxygen atoms in total. The molecule has 0 bridgehead atoms. The molecular weight excluding hydrogens is 463 g/mol. The van der Waals surface area contributed by atoms with Crippen molar-refractivity contribution in [1.29, 1.82) is 5.26 Å². The van der Waals surface area contributed by atoms with Crippen molar-refractivity contribution < 1.29 is 4.74 Å². The van der Waals surface area contributed by atoms with Gasteiger partial charge in [-0.2, -0.15) is 5.26 Å². The molecule has 1 aliphatic heterocycles. The van der Waals surface area contributed by atoms with E-state index < -0.39 is 0 Å². The highest BCUT2D eigenvalue weighted by Crippen LogP contribution is 2.33. The number of fused-ring (bicyclic) bond motifs is 1. The topological polar surface area (TPSA) is 53.2 Å². The first-order valence-electron chi connectivity index (χ1n) is 10.7. The Morgan fingerprint density at radius 1 is 1.28 bits per heavy atom. The lowest BCUT2D eigenvalue weighted by molar-refractivity contribution is 0.0963. The summed E-state index contributed by atoms with van der Waals surface area (Å²) in [7, 11) is 0. The zero-order valence-electron chi connectivity index (χ0n) is 18.0. The summed E-state index contributed by atoms with van der Waals surface area (Å²) in [5.74, 6) is 0.718. The van der Waals surface area contributed by atoms with E-state index in [1.54, 1.807) is 18.0 Å². The molecule has 1 fully saturated rings. The quantitative estimate of drug-likeness (QED) is 0.311. The first-order valence-corrected chi connectivity index (χ1v) is 12.8. The van der Waals surface area contributed by atoms with E-state index >= 15 is 0 Å². The fourth-order valence-corrected chi connectivity index (χ4v) is 4.84. The number of benzene rings is 2. The predicted octanol–water partition coefficient (Wildman–Crippen LogP) is 5.26. The Bertz CT molecular complexity index is 1130. The third-order valence-corrected chi connectivity index (χ3v) is 6.81. The lowest BCUT2D eigenvalue weighted by Gasteiger charge is -2.41. The Labute approximate surface area is 203 Å². The predicted molar refractivity (Wildman–Crippen MR) is 134 cm³/mol. The second kappa shape index (κ2) is 10.8. The molecule has 1 saturated heterocycles. The molecule has 0 aliphatic carbocycles. The van der Waals surface area contributed by atoms with Crippen LogP contribution in [0, 0.1) is 11.3 Å². The zero-order valence-corrected chi connectivity index (χ0v) is 20.3. The van der Waals surface area contributed by atoms with Crippen LogP contribution in [0.2, 0.25) is 5.02 Å². The third-order valence-electron chi connectivity index (χ3n) is 5.92. The molecule has 3 aromatic rings. The van der Waals surface area contributed by atoms with E-state index in [4.69, 9.17) is 27.9 Å². The minimum Gasteiger partial charge on any atom is -0.489 e. The Hall–Kier alpha value is -1.88. The number of nitrogens with zero attached hydrogens (tertiary/aromatic N) is 3. The maximum atomic E-state index is 9.57. The van der Waals surface area contributed by atoms with Crippen molar-refractivity contribution in [2.75, 3.05) is 38.4 Å². The van der Waals surface area contributed by atoms with Crippen LogP contribution >= 0.6 is 35.1 Å². The van der Waals surface area contributed by atoms with Crippen molar-refractivity contribution in [2.24, 2.45) is 0 Å². The van der Waals surface area contributed by atoms with E-state index in [9.17, 15) is 5.26 Å². The van der Waals surface area contributed by atoms with Gasteiger partial charge in [0.1, 0.15) is 12.7 Å². The highest BCUT2D eigenvalue weighted by atomic mass is 35.5. The number of nitrogens with one attached hydrogen (secondary N) is 1. The lowest BCUT2D eigenvalue weighted by Crippen LogP contribution is -2.52. The monoisotopic (exact) mass is 488 g/mol. The largest absolute Gasteiger partial charge is 0.489 e. The van der Waals surface area contributed by atoms with Gasteiger partial charge < -0.3 is 9.30 Å². The zero-order chi connectivity index (χ0) is 22.5. The van der Waals surface area contributed by atoms with E-state index in [2.05, 4.69) is 50.8 Å². The second-order valence-electron chi connectivity index (χ2n) is 7.81. The summed E-state index contributed by atoms with van der Waals surface area (Å²) in [5.41, 5.74) is 3.64. The van der Waals surface area contributed by atoms with Gasteiger partial charge in [0, 0.05) is 42.9 Å².